The van der Waals surface area contributed by atoms with E-state index >= 15 is 0 Å². The number of hydrogen-bond acceptors (Lipinski definition) is 4. The van der Waals surface area contributed by atoms with Gasteiger partial charge in [-0.3, -0.25) is 9.40 Å². The quantitative estimate of drug-likeness (QED) is 0.505. The zero-order valence-corrected chi connectivity index (χ0v) is 15.6. The van der Waals surface area contributed by atoms with Crippen molar-refractivity contribution in [3.63, 3.8) is 0 Å². The van der Waals surface area contributed by atoms with E-state index in [4.69, 9.17) is 4.84 Å². The minimum absolute atomic E-state index is 0.525. The Morgan fingerprint density at radius 1 is 0.893 bits per heavy atom. The molecule has 0 saturated carbocycles. The maximum Gasteiger partial charge on any atom is 0.307 e. The Morgan fingerprint density at radius 2 is 1.64 bits per heavy atom. The summed E-state index contributed by atoms with van der Waals surface area (Å²) >= 11 is 0. The van der Waals surface area contributed by atoms with Crippen molar-refractivity contribution >= 4 is 17.0 Å². The van der Waals surface area contributed by atoms with Gasteiger partial charge in [0.1, 0.15) is 0 Å². The van der Waals surface area contributed by atoms with Crippen LogP contribution in [0, 0.1) is 0 Å². The Hall–Kier alpha value is -3.25. The van der Waals surface area contributed by atoms with Gasteiger partial charge in [0.2, 0.25) is 11.3 Å². The lowest BCUT2D eigenvalue weighted by molar-refractivity contribution is -0.665. The molecule has 3 heterocycles. The largest absolute Gasteiger partial charge is 0.307 e. The Bertz CT molecular complexity index is 1080. The van der Waals surface area contributed by atoms with E-state index in [0.29, 0.717) is 6.61 Å². The summed E-state index contributed by atoms with van der Waals surface area (Å²) in [6.07, 6.45) is 4.77. The number of rotatable bonds is 5. The predicted molar refractivity (Wildman–Crippen MR) is 106 cm³/mol. The van der Waals surface area contributed by atoms with Gasteiger partial charge in [0.25, 0.3) is 0 Å². The molecule has 140 valence electrons. The van der Waals surface area contributed by atoms with Crippen molar-refractivity contribution in [2.24, 2.45) is 0 Å². The van der Waals surface area contributed by atoms with Crippen molar-refractivity contribution in [3.8, 4) is 0 Å². The fourth-order valence-electron chi connectivity index (χ4n) is 3.70. The van der Waals surface area contributed by atoms with Crippen LogP contribution in [0.3, 0.4) is 0 Å². The molecule has 0 saturated heterocycles. The van der Waals surface area contributed by atoms with Crippen LogP contribution >= 0.6 is 0 Å². The molecule has 28 heavy (non-hydrogen) atoms. The number of imidazole rings is 1. The van der Waals surface area contributed by atoms with Gasteiger partial charge in [0, 0.05) is 0 Å². The van der Waals surface area contributed by atoms with Crippen molar-refractivity contribution in [1.29, 1.82) is 0 Å². The lowest BCUT2D eigenvalue weighted by Crippen LogP contribution is -2.34. The van der Waals surface area contributed by atoms with Gasteiger partial charge in [0.15, 0.2) is 12.7 Å². The normalized spacial score (nSPS) is 13.6. The molecule has 0 radical (unpaired) electrons. The van der Waals surface area contributed by atoms with Gasteiger partial charge in [-0.15, -0.1) is 0 Å². The predicted octanol–water partition coefficient (Wildman–Crippen LogP) is 3.11. The van der Waals surface area contributed by atoms with E-state index < -0.39 is 0 Å². The molecule has 0 unspecified atom stereocenters. The van der Waals surface area contributed by atoms with E-state index in [0.717, 1.165) is 48.6 Å². The number of aromatic nitrogens is 4. The Labute approximate surface area is 163 Å². The van der Waals surface area contributed by atoms with E-state index in [1.807, 2.05) is 29.3 Å². The maximum absolute atomic E-state index is 6.14. The first kappa shape index (κ1) is 16.9. The van der Waals surface area contributed by atoms with Crippen molar-refractivity contribution in [3.05, 3.63) is 84.4 Å². The SMILES string of the molecule is c1ccc(CON2CCCn3c[n+](Cc4ccccc4)c4ncnc2c43)cc1. The summed E-state index contributed by atoms with van der Waals surface area (Å²) < 4.78 is 4.44. The highest BCUT2D eigenvalue weighted by molar-refractivity contribution is 5.81. The molecule has 0 aliphatic carbocycles. The van der Waals surface area contributed by atoms with Crippen LogP contribution < -0.4 is 9.63 Å². The van der Waals surface area contributed by atoms with Crippen LogP contribution in [0.5, 0.6) is 0 Å². The van der Waals surface area contributed by atoms with Gasteiger partial charge < -0.3 is 0 Å². The van der Waals surface area contributed by atoms with Crippen molar-refractivity contribution in [2.45, 2.75) is 26.1 Å². The number of hydrogen-bond donors (Lipinski definition) is 0. The van der Waals surface area contributed by atoms with Gasteiger partial charge in [0.05, 0.1) is 26.2 Å². The monoisotopic (exact) mass is 372 g/mol. The molecule has 4 aromatic rings. The van der Waals surface area contributed by atoms with E-state index in [2.05, 4.69) is 61.8 Å². The smallest absolute Gasteiger partial charge is 0.267 e. The minimum atomic E-state index is 0.525. The molecule has 0 fully saturated rings. The Kier molecular flexibility index (Phi) is 4.47. The van der Waals surface area contributed by atoms with Gasteiger partial charge in [-0.05, 0) is 17.5 Å². The molecule has 0 bridgehead atoms. The Morgan fingerprint density at radius 3 is 2.43 bits per heavy atom. The van der Waals surface area contributed by atoms with E-state index in [1.54, 1.807) is 6.33 Å². The molecule has 2 aromatic heterocycles. The second kappa shape index (κ2) is 7.40. The maximum atomic E-state index is 6.14. The van der Waals surface area contributed by atoms with Crippen LogP contribution in [0.4, 0.5) is 5.82 Å². The van der Waals surface area contributed by atoms with E-state index in [1.165, 1.54) is 5.56 Å². The van der Waals surface area contributed by atoms with Crippen molar-refractivity contribution in [2.75, 3.05) is 11.6 Å². The molecule has 0 atom stereocenters. The van der Waals surface area contributed by atoms with Crippen LogP contribution in [0.25, 0.3) is 11.2 Å². The summed E-state index contributed by atoms with van der Waals surface area (Å²) in [4.78, 5) is 15.3. The summed E-state index contributed by atoms with van der Waals surface area (Å²) in [6, 6.07) is 20.7. The zero-order valence-electron chi connectivity index (χ0n) is 15.6. The summed E-state index contributed by atoms with van der Waals surface area (Å²) in [5, 5.41) is 1.92. The highest BCUT2D eigenvalue weighted by Crippen LogP contribution is 2.26. The van der Waals surface area contributed by atoms with Gasteiger partial charge in [-0.25, -0.2) is 9.63 Å². The van der Waals surface area contributed by atoms with Gasteiger partial charge in [-0.1, -0.05) is 65.6 Å². The third kappa shape index (κ3) is 3.23. The molecule has 1 aliphatic heterocycles. The second-order valence-corrected chi connectivity index (χ2v) is 7.01. The first-order valence-electron chi connectivity index (χ1n) is 9.60. The molecule has 1 aliphatic rings. The highest BCUT2D eigenvalue weighted by atomic mass is 16.7. The lowest BCUT2D eigenvalue weighted by atomic mass is 10.2. The van der Waals surface area contributed by atoms with Gasteiger partial charge in [-0.2, -0.15) is 4.98 Å². The number of nitrogens with zero attached hydrogens (tertiary/aromatic N) is 5. The molecular formula is C22H22N5O+. The first-order chi connectivity index (χ1) is 13.9. The average Bonchev–Trinajstić information content (AvgIpc) is 2.99. The first-order valence-corrected chi connectivity index (χ1v) is 9.60. The van der Waals surface area contributed by atoms with E-state index in [-0.39, 0.29) is 0 Å². The zero-order chi connectivity index (χ0) is 18.8. The third-order valence-electron chi connectivity index (χ3n) is 5.04. The van der Waals surface area contributed by atoms with Crippen LogP contribution in [0.1, 0.15) is 17.5 Å². The van der Waals surface area contributed by atoms with Crippen molar-refractivity contribution in [1.82, 2.24) is 14.5 Å². The van der Waals surface area contributed by atoms with Crippen LogP contribution in [-0.4, -0.2) is 21.1 Å². The molecule has 2 aromatic carbocycles. The van der Waals surface area contributed by atoms with Crippen LogP contribution in [-0.2, 0) is 24.5 Å². The lowest BCUT2D eigenvalue weighted by Gasteiger charge is -2.20. The average molecular weight is 372 g/mol. The standard InChI is InChI=1S/C22H22N5O/c1-3-8-18(9-4-1)14-26-17-25-12-7-13-27(22-20(25)21(26)23-16-24-22)28-15-19-10-5-2-6-11-19/h1-6,8-11,16-17H,7,12-15H2/q+1. The molecule has 5 rings (SSSR count). The summed E-state index contributed by atoms with van der Waals surface area (Å²) in [5.41, 5.74) is 4.36. The molecular weight excluding hydrogens is 350 g/mol. The third-order valence-corrected chi connectivity index (χ3v) is 5.04. The number of benzene rings is 2. The van der Waals surface area contributed by atoms with Gasteiger partial charge >= 0.3 is 5.65 Å². The fourth-order valence-corrected chi connectivity index (χ4v) is 3.70. The van der Waals surface area contributed by atoms with Crippen LogP contribution in [0.15, 0.2) is 73.3 Å². The summed E-state index contributed by atoms with van der Waals surface area (Å²) in [6.45, 7) is 3.03. The second-order valence-electron chi connectivity index (χ2n) is 7.01. The molecule has 6 nitrogen and oxygen atoms in total. The highest BCUT2D eigenvalue weighted by Gasteiger charge is 2.27. The fraction of sp³-hybridized carbons (Fsp3) is 0.227. The number of aryl methyl sites for hydroxylation is 1. The summed E-state index contributed by atoms with van der Waals surface area (Å²) in [5.74, 6) is 0.838. The topological polar surface area (TPSA) is 47.1 Å². The molecule has 0 N–H and O–H groups in total. The minimum Gasteiger partial charge on any atom is -0.267 e. The summed E-state index contributed by atoms with van der Waals surface area (Å²) in [7, 11) is 0. The molecule has 0 spiro atoms. The molecule has 0 amide bonds. The van der Waals surface area contributed by atoms with Crippen molar-refractivity contribution < 1.29 is 9.40 Å². The number of hydroxylamine groups is 1. The molecule has 6 heteroatoms. The number of anilines is 1. The van der Waals surface area contributed by atoms with Crippen LogP contribution in [0.2, 0.25) is 0 Å². The Balaban J connectivity index is 1.48. The van der Waals surface area contributed by atoms with E-state index in [9.17, 15) is 0 Å².